The van der Waals surface area contributed by atoms with E-state index < -0.39 is 0 Å². The van der Waals surface area contributed by atoms with Gasteiger partial charge in [0.1, 0.15) is 0 Å². The minimum atomic E-state index is 1.10. The van der Waals surface area contributed by atoms with E-state index >= 15 is 0 Å². The van der Waals surface area contributed by atoms with Crippen molar-refractivity contribution in [2.24, 2.45) is 0 Å². The quantitative estimate of drug-likeness (QED) is 0.152. The van der Waals surface area contributed by atoms with Gasteiger partial charge in [0.25, 0.3) is 0 Å². The number of para-hydroxylation sites is 1. The number of aromatic nitrogens is 1. The molecule has 0 saturated carbocycles. The fraction of sp³-hybridized carbons (Fsp3) is 0. The standard InChI is InChI=1S/C54H38N2/c1-4-13-39(14-5-1)42-23-30-47(31-24-42)55(48-32-25-43(26-33-48)40-15-6-2-7-16-40)49-34-27-44(28-35-49)45-19-12-20-50(37-45)56-53-22-11-10-21-51(53)52-38-46(29-36-54(52)56)41-17-8-3-9-18-41/h1-38H. The van der Waals surface area contributed by atoms with Crippen molar-refractivity contribution in [1.29, 1.82) is 0 Å². The van der Waals surface area contributed by atoms with Crippen LogP contribution in [0.4, 0.5) is 17.1 Å². The summed E-state index contributed by atoms with van der Waals surface area (Å²) >= 11 is 0. The highest BCUT2D eigenvalue weighted by atomic mass is 15.1. The minimum Gasteiger partial charge on any atom is -0.311 e. The molecule has 0 fully saturated rings. The Kier molecular flexibility index (Phi) is 8.55. The Hall–Kier alpha value is -7.42. The van der Waals surface area contributed by atoms with E-state index in [4.69, 9.17) is 0 Å². The first-order valence-corrected chi connectivity index (χ1v) is 19.2. The van der Waals surface area contributed by atoms with Crippen LogP contribution < -0.4 is 4.90 Å². The van der Waals surface area contributed by atoms with Crippen LogP contribution in [0.1, 0.15) is 0 Å². The molecule has 0 saturated heterocycles. The molecule has 56 heavy (non-hydrogen) atoms. The van der Waals surface area contributed by atoms with Crippen LogP contribution in [-0.4, -0.2) is 4.57 Å². The first kappa shape index (κ1) is 33.2. The van der Waals surface area contributed by atoms with Crippen LogP contribution in [0, 0.1) is 0 Å². The Morgan fingerprint density at radius 3 is 1.16 bits per heavy atom. The monoisotopic (exact) mass is 714 g/mol. The van der Waals surface area contributed by atoms with Crippen LogP contribution >= 0.6 is 0 Å². The Labute approximate surface area is 327 Å². The highest BCUT2D eigenvalue weighted by Gasteiger charge is 2.16. The Balaban J connectivity index is 1.02. The summed E-state index contributed by atoms with van der Waals surface area (Å²) < 4.78 is 2.40. The molecular formula is C54H38N2. The summed E-state index contributed by atoms with van der Waals surface area (Å²) in [6.07, 6.45) is 0. The predicted octanol–water partition coefficient (Wildman–Crippen LogP) is 14.9. The van der Waals surface area contributed by atoms with Gasteiger partial charge in [0.2, 0.25) is 0 Å². The molecule has 10 aromatic rings. The molecule has 0 atom stereocenters. The Bertz CT molecular complexity index is 2830. The van der Waals surface area contributed by atoms with E-state index in [1.54, 1.807) is 0 Å². The zero-order valence-corrected chi connectivity index (χ0v) is 30.8. The van der Waals surface area contributed by atoms with Gasteiger partial charge in [-0.2, -0.15) is 0 Å². The lowest BCUT2D eigenvalue weighted by atomic mass is 10.0. The third-order valence-corrected chi connectivity index (χ3v) is 10.8. The molecule has 0 aliphatic heterocycles. The van der Waals surface area contributed by atoms with Gasteiger partial charge in [-0.1, -0.05) is 164 Å². The molecule has 2 heteroatoms. The van der Waals surface area contributed by atoms with E-state index in [-0.39, 0.29) is 0 Å². The molecule has 9 aromatic carbocycles. The van der Waals surface area contributed by atoms with Crippen molar-refractivity contribution in [2.75, 3.05) is 4.90 Å². The third-order valence-electron chi connectivity index (χ3n) is 10.8. The first-order chi connectivity index (χ1) is 27.8. The average molecular weight is 715 g/mol. The molecule has 264 valence electrons. The van der Waals surface area contributed by atoms with Crippen molar-refractivity contribution in [3.8, 4) is 50.2 Å². The van der Waals surface area contributed by atoms with E-state index in [1.165, 1.54) is 66.3 Å². The van der Waals surface area contributed by atoms with Crippen LogP contribution in [0.5, 0.6) is 0 Å². The van der Waals surface area contributed by atoms with Crippen molar-refractivity contribution in [3.05, 3.63) is 231 Å². The van der Waals surface area contributed by atoms with Gasteiger partial charge >= 0.3 is 0 Å². The SMILES string of the molecule is c1ccc(-c2ccc(N(c3ccc(-c4ccccc4)cc3)c3ccc(-c4cccc(-n5c6ccccc6c6cc(-c7ccccc7)ccc65)c4)cc3)cc2)cc1. The van der Waals surface area contributed by atoms with Gasteiger partial charge < -0.3 is 9.47 Å². The second-order valence-corrected chi connectivity index (χ2v) is 14.2. The molecule has 0 aliphatic rings. The maximum atomic E-state index is 2.40. The highest BCUT2D eigenvalue weighted by molar-refractivity contribution is 6.10. The molecule has 2 nitrogen and oxygen atoms in total. The molecule has 0 spiro atoms. The summed E-state index contributed by atoms with van der Waals surface area (Å²) in [6.45, 7) is 0. The van der Waals surface area contributed by atoms with Gasteiger partial charge in [-0.25, -0.2) is 0 Å². The van der Waals surface area contributed by atoms with Crippen molar-refractivity contribution < 1.29 is 0 Å². The van der Waals surface area contributed by atoms with E-state index in [2.05, 4.69) is 240 Å². The molecule has 0 unspecified atom stereocenters. The summed E-state index contributed by atoms with van der Waals surface area (Å²) in [5.41, 5.74) is 16.5. The largest absolute Gasteiger partial charge is 0.311 e. The van der Waals surface area contributed by atoms with Gasteiger partial charge in [0.05, 0.1) is 11.0 Å². The summed E-state index contributed by atoms with van der Waals surface area (Å²) in [4.78, 5) is 2.34. The second-order valence-electron chi connectivity index (χ2n) is 14.2. The zero-order valence-electron chi connectivity index (χ0n) is 30.8. The normalized spacial score (nSPS) is 11.2. The third kappa shape index (κ3) is 6.24. The number of hydrogen-bond acceptors (Lipinski definition) is 1. The van der Waals surface area contributed by atoms with E-state index in [9.17, 15) is 0 Å². The van der Waals surface area contributed by atoms with Crippen LogP contribution in [0.25, 0.3) is 72.0 Å². The molecule has 1 aromatic heterocycles. The lowest BCUT2D eigenvalue weighted by molar-refractivity contribution is 1.18. The summed E-state index contributed by atoms with van der Waals surface area (Å²) in [6, 6.07) is 83.0. The number of nitrogens with zero attached hydrogens (tertiary/aromatic N) is 2. The van der Waals surface area contributed by atoms with Gasteiger partial charge in [0.15, 0.2) is 0 Å². The number of anilines is 3. The van der Waals surface area contributed by atoms with Gasteiger partial charge in [0, 0.05) is 33.5 Å². The maximum absolute atomic E-state index is 2.40. The molecule has 0 radical (unpaired) electrons. The van der Waals surface area contributed by atoms with Gasteiger partial charge in [-0.05, 0) is 111 Å². The van der Waals surface area contributed by atoms with Gasteiger partial charge in [-0.3, -0.25) is 0 Å². The maximum Gasteiger partial charge on any atom is 0.0541 e. The first-order valence-electron chi connectivity index (χ1n) is 19.2. The smallest absolute Gasteiger partial charge is 0.0541 e. The molecule has 1 heterocycles. The van der Waals surface area contributed by atoms with E-state index in [1.807, 2.05) is 0 Å². The molecule has 0 aliphatic carbocycles. The highest BCUT2D eigenvalue weighted by Crippen LogP contribution is 2.39. The molecule has 0 amide bonds. The molecule has 0 bridgehead atoms. The fourth-order valence-corrected chi connectivity index (χ4v) is 8.00. The van der Waals surface area contributed by atoms with Crippen molar-refractivity contribution in [2.45, 2.75) is 0 Å². The summed E-state index contributed by atoms with van der Waals surface area (Å²) in [7, 11) is 0. The van der Waals surface area contributed by atoms with Crippen LogP contribution in [0.15, 0.2) is 231 Å². The summed E-state index contributed by atoms with van der Waals surface area (Å²) in [5.74, 6) is 0. The minimum absolute atomic E-state index is 1.10. The fourth-order valence-electron chi connectivity index (χ4n) is 8.00. The molecular weight excluding hydrogens is 677 g/mol. The molecule has 10 rings (SSSR count). The average Bonchev–Trinajstić information content (AvgIpc) is 3.62. The lowest BCUT2D eigenvalue weighted by Crippen LogP contribution is -2.09. The lowest BCUT2D eigenvalue weighted by Gasteiger charge is -2.26. The van der Waals surface area contributed by atoms with Crippen molar-refractivity contribution in [1.82, 2.24) is 4.57 Å². The topological polar surface area (TPSA) is 8.17 Å². The Morgan fingerprint density at radius 2 is 0.625 bits per heavy atom. The zero-order chi connectivity index (χ0) is 37.3. The van der Waals surface area contributed by atoms with Crippen LogP contribution in [0.3, 0.4) is 0 Å². The van der Waals surface area contributed by atoms with E-state index in [0.717, 1.165) is 22.7 Å². The number of fused-ring (bicyclic) bond motifs is 3. The van der Waals surface area contributed by atoms with E-state index in [0.29, 0.717) is 0 Å². The van der Waals surface area contributed by atoms with Crippen molar-refractivity contribution in [3.63, 3.8) is 0 Å². The Morgan fingerprint density at radius 1 is 0.250 bits per heavy atom. The van der Waals surface area contributed by atoms with Crippen LogP contribution in [-0.2, 0) is 0 Å². The predicted molar refractivity (Wildman–Crippen MR) is 237 cm³/mol. The number of benzene rings is 9. The number of rotatable bonds is 8. The second kappa shape index (κ2) is 14.4. The molecule has 0 N–H and O–H groups in total. The van der Waals surface area contributed by atoms with Crippen molar-refractivity contribution >= 4 is 38.9 Å². The van der Waals surface area contributed by atoms with Gasteiger partial charge in [-0.15, -0.1) is 0 Å². The van der Waals surface area contributed by atoms with Crippen LogP contribution in [0.2, 0.25) is 0 Å². The summed E-state index contributed by atoms with van der Waals surface area (Å²) in [5, 5.41) is 2.51. The number of hydrogen-bond donors (Lipinski definition) is 0.